The van der Waals surface area contributed by atoms with E-state index >= 15 is 0 Å². The van der Waals surface area contributed by atoms with Crippen molar-refractivity contribution in [1.82, 2.24) is 5.32 Å². The maximum Gasteiger partial charge on any atom is 0.255 e. The van der Waals surface area contributed by atoms with Gasteiger partial charge in [-0.3, -0.25) is 4.79 Å². The molecule has 0 unspecified atom stereocenters. The van der Waals surface area contributed by atoms with Gasteiger partial charge in [0.25, 0.3) is 5.91 Å². The van der Waals surface area contributed by atoms with E-state index in [0.29, 0.717) is 12.3 Å². The Labute approximate surface area is 109 Å². The van der Waals surface area contributed by atoms with Crippen LogP contribution in [0.4, 0.5) is 4.39 Å². The molecule has 3 N–H and O–H groups in total. The summed E-state index contributed by atoms with van der Waals surface area (Å²) in [6, 6.07) is 3.25. The Morgan fingerprint density at radius 1 is 1.39 bits per heavy atom. The van der Waals surface area contributed by atoms with Crippen LogP contribution >= 0.6 is 11.8 Å². The number of aliphatic hydroxyl groups is 1. The number of thioether (sulfide) groups is 1. The molecule has 0 saturated carbocycles. The van der Waals surface area contributed by atoms with Crippen molar-refractivity contribution >= 4 is 17.7 Å². The molecular weight excluding hydrogens is 257 g/mol. The molecule has 1 aromatic carbocycles. The van der Waals surface area contributed by atoms with E-state index in [4.69, 9.17) is 5.11 Å². The van der Waals surface area contributed by atoms with Gasteiger partial charge in [-0.15, -0.1) is 0 Å². The van der Waals surface area contributed by atoms with Crippen molar-refractivity contribution in [2.24, 2.45) is 0 Å². The highest BCUT2D eigenvalue weighted by Gasteiger charge is 2.11. The molecule has 0 aliphatic rings. The minimum atomic E-state index is -0.560. The van der Waals surface area contributed by atoms with Crippen LogP contribution < -0.4 is 5.32 Å². The van der Waals surface area contributed by atoms with E-state index in [0.717, 1.165) is 30.4 Å². The summed E-state index contributed by atoms with van der Waals surface area (Å²) < 4.78 is 12.9. The number of nitrogens with one attached hydrogen (secondary N) is 1. The first-order valence-corrected chi connectivity index (χ1v) is 6.76. The van der Waals surface area contributed by atoms with Gasteiger partial charge in [0.2, 0.25) is 0 Å². The molecule has 0 aliphatic heterocycles. The summed E-state index contributed by atoms with van der Waals surface area (Å²) in [5.74, 6) is 0.256. The molecule has 0 saturated heterocycles. The van der Waals surface area contributed by atoms with Gasteiger partial charge in [-0.05, 0) is 30.4 Å². The van der Waals surface area contributed by atoms with Gasteiger partial charge < -0.3 is 15.5 Å². The van der Waals surface area contributed by atoms with E-state index in [1.54, 1.807) is 11.8 Å². The molecule has 0 radical (unpaired) electrons. The van der Waals surface area contributed by atoms with Gasteiger partial charge >= 0.3 is 0 Å². The van der Waals surface area contributed by atoms with E-state index in [2.05, 4.69) is 5.32 Å². The molecule has 0 spiro atoms. The molecule has 0 fully saturated rings. The maximum atomic E-state index is 12.9. The van der Waals surface area contributed by atoms with Crippen LogP contribution in [0.1, 0.15) is 16.8 Å². The number of aliphatic hydroxyl groups excluding tert-OH is 1. The van der Waals surface area contributed by atoms with Gasteiger partial charge in [0.15, 0.2) is 0 Å². The molecule has 0 atom stereocenters. The van der Waals surface area contributed by atoms with Gasteiger partial charge in [0.1, 0.15) is 11.6 Å². The van der Waals surface area contributed by atoms with Crippen molar-refractivity contribution < 1.29 is 19.4 Å². The van der Waals surface area contributed by atoms with E-state index in [-0.39, 0.29) is 17.9 Å². The zero-order chi connectivity index (χ0) is 13.4. The van der Waals surface area contributed by atoms with Crippen LogP contribution in [0.5, 0.6) is 5.75 Å². The number of hydrogen-bond donors (Lipinski definition) is 3. The van der Waals surface area contributed by atoms with Crippen LogP contribution in [0.25, 0.3) is 0 Å². The van der Waals surface area contributed by atoms with Crippen LogP contribution in [-0.2, 0) is 0 Å². The minimum absolute atomic E-state index is 0.0599. The average Bonchev–Trinajstić information content (AvgIpc) is 2.36. The van der Waals surface area contributed by atoms with Crippen molar-refractivity contribution in [2.45, 2.75) is 6.42 Å². The number of aromatic hydroxyl groups is 1. The van der Waals surface area contributed by atoms with Crippen molar-refractivity contribution in [3.63, 3.8) is 0 Å². The summed E-state index contributed by atoms with van der Waals surface area (Å²) in [5.41, 5.74) is -0.0599. The molecule has 0 aliphatic carbocycles. The number of amides is 1. The van der Waals surface area contributed by atoms with Gasteiger partial charge in [-0.2, -0.15) is 11.8 Å². The van der Waals surface area contributed by atoms with Crippen molar-refractivity contribution in [3.8, 4) is 5.75 Å². The Bertz CT molecular complexity index is 401. The fraction of sp³-hybridized carbons (Fsp3) is 0.417. The van der Waals surface area contributed by atoms with Crippen molar-refractivity contribution in [1.29, 1.82) is 0 Å². The summed E-state index contributed by atoms with van der Waals surface area (Å²) >= 11 is 1.61. The Morgan fingerprint density at radius 2 is 2.17 bits per heavy atom. The SMILES string of the molecule is O=C(NCCSCCCO)c1cc(F)ccc1O. The number of halogens is 1. The minimum Gasteiger partial charge on any atom is -0.507 e. The topological polar surface area (TPSA) is 69.6 Å². The Kier molecular flexibility index (Phi) is 6.53. The van der Waals surface area contributed by atoms with Gasteiger partial charge in [-0.1, -0.05) is 0 Å². The monoisotopic (exact) mass is 273 g/mol. The lowest BCUT2D eigenvalue weighted by Crippen LogP contribution is -2.26. The Morgan fingerprint density at radius 3 is 2.89 bits per heavy atom. The molecule has 6 heteroatoms. The van der Waals surface area contributed by atoms with Crippen LogP contribution in [0.15, 0.2) is 18.2 Å². The normalized spacial score (nSPS) is 10.3. The van der Waals surface area contributed by atoms with Gasteiger partial charge in [-0.25, -0.2) is 4.39 Å². The highest BCUT2D eigenvalue weighted by atomic mass is 32.2. The summed E-state index contributed by atoms with van der Waals surface area (Å²) in [5, 5.41) is 20.6. The molecule has 0 bridgehead atoms. The third kappa shape index (κ3) is 4.93. The number of rotatable bonds is 7. The van der Waals surface area contributed by atoms with Gasteiger partial charge in [0, 0.05) is 18.9 Å². The molecule has 1 aromatic rings. The van der Waals surface area contributed by atoms with Crippen LogP contribution in [0.2, 0.25) is 0 Å². The summed E-state index contributed by atoms with van der Waals surface area (Å²) in [6.07, 6.45) is 0.725. The number of hydrogen-bond acceptors (Lipinski definition) is 4. The second-order valence-electron chi connectivity index (χ2n) is 3.61. The van der Waals surface area contributed by atoms with Crippen LogP contribution in [-0.4, -0.2) is 40.8 Å². The first-order valence-electron chi connectivity index (χ1n) is 5.60. The lowest BCUT2D eigenvalue weighted by Gasteiger charge is -2.06. The molecule has 4 nitrogen and oxygen atoms in total. The van der Waals surface area contributed by atoms with E-state index in [1.165, 1.54) is 0 Å². The fourth-order valence-corrected chi connectivity index (χ4v) is 2.07. The number of phenolic OH excluding ortho intramolecular Hbond substituents is 1. The highest BCUT2D eigenvalue weighted by molar-refractivity contribution is 7.99. The highest BCUT2D eigenvalue weighted by Crippen LogP contribution is 2.17. The summed E-state index contributed by atoms with van der Waals surface area (Å²) in [4.78, 5) is 11.6. The standard InChI is InChI=1S/C12H16FNO3S/c13-9-2-3-11(16)10(8-9)12(17)14-4-7-18-6-1-5-15/h2-3,8,15-16H,1,4-7H2,(H,14,17). The molecule has 100 valence electrons. The second kappa shape index (κ2) is 7.94. The fourth-order valence-electron chi connectivity index (χ4n) is 1.29. The molecule has 1 rings (SSSR count). The maximum absolute atomic E-state index is 12.9. The summed E-state index contributed by atoms with van der Waals surface area (Å²) in [6.45, 7) is 0.599. The number of carbonyl (C=O) groups excluding carboxylic acids is 1. The largest absolute Gasteiger partial charge is 0.507 e. The average molecular weight is 273 g/mol. The molecule has 0 heterocycles. The van der Waals surface area contributed by atoms with Gasteiger partial charge in [0.05, 0.1) is 5.56 Å². The zero-order valence-corrected chi connectivity index (χ0v) is 10.7. The van der Waals surface area contributed by atoms with Crippen molar-refractivity contribution in [3.05, 3.63) is 29.6 Å². The number of carbonyl (C=O) groups is 1. The first-order chi connectivity index (χ1) is 8.65. The predicted octanol–water partition coefficient (Wildman–Crippen LogP) is 1.38. The molecular formula is C12H16FNO3S. The molecule has 18 heavy (non-hydrogen) atoms. The first kappa shape index (κ1) is 14.8. The van der Waals surface area contributed by atoms with E-state index in [9.17, 15) is 14.3 Å². The predicted molar refractivity (Wildman–Crippen MR) is 69.4 cm³/mol. The van der Waals surface area contributed by atoms with E-state index < -0.39 is 11.7 Å². The number of benzene rings is 1. The quantitative estimate of drug-likeness (QED) is 0.656. The Balaban J connectivity index is 2.34. The zero-order valence-electron chi connectivity index (χ0n) is 9.86. The second-order valence-corrected chi connectivity index (χ2v) is 4.83. The smallest absolute Gasteiger partial charge is 0.255 e. The lowest BCUT2D eigenvalue weighted by molar-refractivity contribution is 0.0953. The molecule has 0 aromatic heterocycles. The summed E-state index contributed by atoms with van der Waals surface area (Å²) in [7, 11) is 0. The Hall–Kier alpha value is -1.27. The third-order valence-corrected chi connectivity index (χ3v) is 3.25. The van der Waals surface area contributed by atoms with Crippen molar-refractivity contribution in [2.75, 3.05) is 24.7 Å². The number of phenols is 1. The van der Waals surface area contributed by atoms with E-state index in [1.807, 2.05) is 0 Å². The van der Waals surface area contributed by atoms with Crippen LogP contribution in [0.3, 0.4) is 0 Å². The lowest BCUT2D eigenvalue weighted by atomic mass is 10.2. The van der Waals surface area contributed by atoms with Crippen LogP contribution in [0, 0.1) is 5.82 Å². The third-order valence-electron chi connectivity index (χ3n) is 2.18. The molecule has 1 amide bonds.